The summed E-state index contributed by atoms with van der Waals surface area (Å²) in [6.45, 7) is 4.02. The monoisotopic (exact) mass is 243 g/mol. The molecule has 1 aliphatic rings. The van der Waals surface area contributed by atoms with Crippen LogP contribution >= 0.6 is 0 Å². The van der Waals surface area contributed by atoms with Crippen LogP contribution in [-0.2, 0) is 7.05 Å². The summed E-state index contributed by atoms with van der Waals surface area (Å²) in [5.41, 5.74) is 2.29. The summed E-state index contributed by atoms with van der Waals surface area (Å²) in [5.74, 6) is 1.54. The van der Waals surface area contributed by atoms with Crippen LogP contribution in [0, 0.1) is 6.92 Å². The minimum absolute atomic E-state index is 0.556. The Morgan fingerprint density at radius 3 is 2.89 bits per heavy atom. The normalized spacial score (nSPS) is 19.4. The maximum absolute atomic E-state index is 4.53. The molecule has 1 atom stereocenters. The molecule has 94 valence electrons. The van der Waals surface area contributed by atoms with E-state index >= 15 is 0 Å². The predicted octanol–water partition coefficient (Wildman–Crippen LogP) is 1.51. The Labute approximate surface area is 106 Å². The molecule has 0 N–H and O–H groups in total. The van der Waals surface area contributed by atoms with Crippen LogP contribution in [0.5, 0.6) is 0 Å². The summed E-state index contributed by atoms with van der Waals surface area (Å²) < 4.78 is 1.87. The summed E-state index contributed by atoms with van der Waals surface area (Å²) in [6, 6.07) is 0. The number of hydrogen-bond acceptors (Lipinski definition) is 4. The van der Waals surface area contributed by atoms with Crippen LogP contribution in [0.3, 0.4) is 0 Å². The van der Waals surface area contributed by atoms with Crippen molar-refractivity contribution in [3.8, 4) is 0 Å². The molecule has 1 fully saturated rings. The largest absolute Gasteiger partial charge is 0.355 e. The second-order valence-corrected chi connectivity index (χ2v) is 4.90. The van der Waals surface area contributed by atoms with Crippen molar-refractivity contribution in [1.29, 1.82) is 0 Å². The van der Waals surface area contributed by atoms with E-state index in [2.05, 4.69) is 26.2 Å². The third-order valence-corrected chi connectivity index (χ3v) is 3.45. The number of aromatic nitrogens is 4. The van der Waals surface area contributed by atoms with Gasteiger partial charge in [0.2, 0.25) is 0 Å². The van der Waals surface area contributed by atoms with Crippen LogP contribution in [0.15, 0.2) is 24.8 Å². The zero-order valence-electron chi connectivity index (χ0n) is 10.7. The minimum atomic E-state index is 0.556. The van der Waals surface area contributed by atoms with Crippen LogP contribution in [0.1, 0.15) is 23.6 Å². The van der Waals surface area contributed by atoms with Gasteiger partial charge in [-0.3, -0.25) is 9.67 Å². The standard InChI is InChI=1S/C13H17N5/c1-10-5-14-7-13(16-10)18-4-3-11(9-18)12-6-15-17(2)8-12/h5-8,11H,3-4,9H2,1-2H3. The highest BCUT2D eigenvalue weighted by atomic mass is 15.2. The fourth-order valence-corrected chi connectivity index (χ4v) is 2.49. The van der Waals surface area contributed by atoms with Gasteiger partial charge < -0.3 is 4.90 Å². The SMILES string of the molecule is Cc1cncc(N2CCC(c3cnn(C)c3)C2)n1. The van der Waals surface area contributed by atoms with Crippen molar-refractivity contribution >= 4 is 5.82 Å². The third kappa shape index (κ3) is 2.08. The Morgan fingerprint density at radius 1 is 1.28 bits per heavy atom. The van der Waals surface area contributed by atoms with Gasteiger partial charge in [0.1, 0.15) is 5.82 Å². The predicted molar refractivity (Wildman–Crippen MR) is 69.5 cm³/mol. The van der Waals surface area contributed by atoms with Crippen LogP contribution in [0.4, 0.5) is 5.82 Å². The molecule has 3 rings (SSSR count). The molecule has 3 heterocycles. The van der Waals surface area contributed by atoms with Gasteiger partial charge in [-0.1, -0.05) is 0 Å². The molecule has 0 radical (unpaired) electrons. The van der Waals surface area contributed by atoms with Gasteiger partial charge in [0.05, 0.1) is 18.1 Å². The molecule has 0 amide bonds. The van der Waals surface area contributed by atoms with Crippen molar-refractivity contribution in [2.45, 2.75) is 19.3 Å². The van der Waals surface area contributed by atoms with Crippen LogP contribution in [0.2, 0.25) is 0 Å². The first-order valence-corrected chi connectivity index (χ1v) is 6.24. The van der Waals surface area contributed by atoms with E-state index in [9.17, 15) is 0 Å². The zero-order chi connectivity index (χ0) is 12.5. The van der Waals surface area contributed by atoms with Crippen molar-refractivity contribution in [3.63, 3.8) is 0 Å². The van der Waals surface area contributed by atoms with Gasteiger partial charge in [-0.25, -0.2) is 4.98 Å². The summed E-state index contributed by atoms with van der Waals surface area (Å²) in [6.07, 6.45) is 8.87. The van der Waals surface area contributed by atoms with Crippen molar-refractivity contribution < 1.29 is 0 Å². The van der Waals surface area contributed by atoms with Gasteiger partial charge in [-0.05, 0) is 18.9 Å². The molecule has 5 nitrogen and oxygen atoms in total. The number of nitrogens with zero attached hydrogens (tertiary/aromatic N) is 5. The first-order chi connectivity index (χ1) is 8.72. The molecular formula is C13H17N5. The van der Waals surface area contributed by atoms with Gasteiger partial charge in [-0.15, -0.1) is 0 Å². The summed E-state index contributed by atoms with van der Waals surface area (Å²) >= 11 is 0. The zero-order valence-corrected chi connectivity index (χ0v) is 10.7. The molecule has 0 bridgehead atoms. The molecule has 0 aliphatic carbocycles. The smallest absolute Gasteiger partial charge is 0.147 e. The number of aryl methyl sites for hydroxylation is 2. The molecule has 5 heteroatoms. The van der Waals surface area contributed by atoms with Crippen molar-refractivity contribution in [2.24, 2.45) is 7.05 Å². The molecular weight excluding hydrogens is 226 g/mol. The van der Waals surface area contributed by atoms with E-state index in [0.29, 0.717) is 5.92 Å². The highest BCUT2D eigenvalue weighted by Crippen LogP contribution is 2.29. The quantitative estimate of drug-likeness (QED) is 0.802. The van der Waals surface area contributed by atoms with Crippen LogP contribution in [0.25, 0.3) is 0 Å². The number of hydrogen-bond donors (Lipinski definition) is 0. The molecule has 0 saturated carbocycles. The topological polar surface area (TPSA) is 46.8 Å². The Bertz CT molecular complexity index is 548. The van der Waals surface area contributed by atoms with Gasteiger partial charge >= 0.3 is 0 Å². The lowest BCUT2D eigenvalue weighted by molar-refractivity contribution is 0.754. The average Bonchev–Trinajstić information content (AvgIpc) is 2.97. The first-order valence-electron chi connectivity index (χ1n) is 6.24. The molecule has 0 spiro atoms. The molecule has 1 saturated heterocycles. The summed E-state index contributed by atoms with van der Waals surface area (Å²) in [4.78, 5) is 11.0. The van der Waals surface area contributed by atoms with E-state index in [1.807, 2.05) is 31.0 Å². The molecule has 18 heavy (non-hydrogen) atoms. The van der Waals surface area contributed by atoms with Crippen LogP contribution < -0.4 is 4.90 Å². The molecule has 2 aromatic rings. The van der Waals surface area contributed by atoms with Gasteiger partial charge in [0.15, 0.2) is 0 Å². The van der Waals surface area contributed by atoms with Crippen molar-refractivity contribution in [3.05, 3.63) is 36.0 Å². The van der Waals surface area contributed by atoms with E-state index in [1.54, 1.807) is 6.20 Å². The van der Waals surface area contributed by atoms with Gasteiger partial charge in [0, 0.05) is 38.4 Å². The fourth-order valence-electron chi connectivity index (χ4n) is 2.49. The Balaban J connectivity index is 1.75. The number of rotatable bonds is 2. The first kappa shape index (κ1) is 11.2. The summed E-state index contributed by atoms with van der Waals surface area (Å²) in [7, 11) is 1.96. The lowest BCUT2D eigenvalue weighted by Crippen LogP contribution is -2.20. The minimum Gasteiger partial charge on any atom is -0.355 e. The Hall–Kier alpha value is -1.91. The summed E-state index contributed by atoms with van der Waals surface area (Å²) in [5, 5.41) is 4.24. The van der Waals surface area contributed by atoms with E-state index in [-0.39, 0.29) is 0 Å². The maximum atomic E-state index is 4.53. The van der Waals surface area contributed by atoms with E-state index in [4.69, 9.17) is 0 Å². The maximum Gasteiger partial charge on any atom is 0.147 e. The molecule has 2 aromatic heterocycles. The second kappa shape index (κ2) is 4.40. The van der Waals surface area contributed by atoms with Crippen molar-refractivity contribution in [1.82, 2.24) is 19.7 Å². The van der Waals surface area contributed by atoms with Gasteiger partial charge in [-0.2, -0.15) is 5.10 Å². The molecule has 0 aromatic carbocycles. The van der Waals surface area contributed by atoms with E-state index in [1.165, 1.54) is 5.56 Å². The molecule has 1 unspecified atom stereocenters. The average molecular weight is 243 g/mol. The van der Waals surface area contributed by atoms with Crippen LogP contribution in [-0.4, -0.2) is 32.8 Å². The Morgan fingerprint density at radius 2 is 2.17 bits per heavy atom. The van der Waals surface area contributed by atoms with E-state index in [0.717, 1.165) is 31.0 Å². The highest BCUT2D eigenvalue weighted by molar-refractivity contribution is 5.39. The van der Waals surface area contributed by atoms with E-state index < -0.39 is 0 Å². The molecule has 1 aliphatic heterocycles. The number of anilines is 1. The lowest BCUT2D eigenvalue weighted by atomic mass is 10.0. The third-order valence-electron chi connectivity index (χ3n) is 3.45. The Kier molecular flexibility index (Phi) is 2.74. The highest BCUT2D eigenvalue weighted by Gasteiger charge is 2.25. The second-order valence-electron chi connectivity index (χ2n) is 4.90. The lowest BCUT2D eigenvalue weighted by Gasteiger charge is -2.16. The fraction of sp³-hybridized carbons (Fsp3) is 0.462. The van der Waals surface area contributed by atoms with Gasteiger partial charge in [0.25, 0.3) is 0 Å². The van der Waals surface area contributed by atoms with Crippen molar-refractivity contribution in [2.75, 3.05) is 18.0 Å².